The largest absolute Gasteiger partial charge is 0.497 e. The summed E-state index contributed by atoms with van der Waals surface area (Å²) < 4.78 is 12.1. The summed E-state index contributed by atoms with van der Waals surface area (Å²) in [6.45, 7) is -0.293. The van der Waals surface area contributed by atoms with Gasteiger partial charge in [0.25, 0.3) is 11.5 Å². The van der Waals surface area contributed by atoms with E-state index in [0.29, 0.717) is 39.4 Å². The number of fused-ring (bicyclic) bond motifs is 1. The standard InChI is InChI=1S/C30H24N4O5/c1-38-22-17-13-21(14-18-22)34-30(37)26-10-6-5-9-25(26)28(33-34)29(36)31-19-27(35)32-20-11-15-24(16-12-20)39-23-7-3-2-4-8-23/h2-18H,19H2,1H3,(H,31,36)(H,32,35). The summed E-state index contributed by atoms with van der Waals surface area (Å²) in [4.78, 5) is 38.8. The van der Waals surface area contributed by atoms with Gasteiger partial charge in [-0.25, -0.2) is 0 Å². The average Bonchev–Trinajstić information content (AvgIpc) is 2.98. The van der Waals surface area contributed by atoms with Crippen molar-refractivity contribution in [2.24, 2.45) is 0 Å². The fourth-order valence-corrected chi connectivity index (χ4v) is 3.94. The number of para-hydroxylation sites is 1. The van der Waals surface area contributed by atoms with E-state index < -0.39 is 11.8 Å². The quantitative estimate of drug-likeness (QED) is 0.310. The minimum absolute atomic E-state index is 0.0243. The predicted molar refractivity (Wildman–Crippen MR) is 148 cm³/mol. The third-order valence-corrected chi connectivity index (χ3v) is 5.86. The molecule has 2 amide bonds. The van der Waals surface area contributed by atoms with Crippen LogP contribution in [0.5, 0.6) is 17.2 Å². The van der Waals surface area contributed by atoms with Crippen molar-refractivity contribution in [3.63, 3.8) is 0 Å². The van der Waals surface area contributed by atoms with Gasteiger partial charge in [0.15, 0.2) is 5.69 Å². The Bertz CT molecular complexity index is 1680. The molecule has 0 aliphatic rings. The second kappa shape index (κ2) is 11.3. The summed E-state index contributed by atoms with van der Waals surface area (Å²) in [6.07, 6.45) is 0. The number of rotatable bonds is 8. The van der Waals surface area contributed by atoms with Gasteiger partial charge < -0.3 is 20.1 Å². The van der Waals surface area contributed by atoms with E-state index in [1.165, 1.54) is 0 Å². The van der Waals surface area contributed by atoms with E-state index in [2.05, 4.69) is 15.7 Å². The van der Waals surface area contributed by atoms with Crippen LogP contribution in [0.25, 0.3) is 16.5 Å². The Morgan fingerprint density at radius 3 is 2.08 bits per heavy atom. The predicted octanol–water partition coefficient (Wildman–Crippen LogP) is 4.56. The van der Waals surface area contributed by atoms with E-state index in [-0.39, 0.29) is 17.8 Å². The molecule has 9 heteroatoms. The van der Waals surface area contributed by atoms with Crippen LogP contribution in [0.1, 0.15) is 10.5 Å². The number of hydrogen-bond acceptors (Lipinski definition) is 6. The lowest BCUT2D eigenvalue weighted by molar-refractivity contribution is -0.115. The van der Waals surface area contributed by atoms with Crippen molar-refractivity contribution in [2.75, 3.05) is 19.0 Å². The first kappa shape index (κ1) is 25.2. The fourth-order valence-electron chi connectivity index (χ4n) is 3.94. The second-order valence-corrected chi connectivity index (χ2v) is 8.48. The number of nitrogens with one attached hydrogen (secondary N) is 2. The highest BCUT2D eigenvalue weighted by molar-refractivity contribution is 6.06. The number of amides is 2. The topological polar surface area (TPSA) is 112 Å². The van der Waals surface area contributed by atoms with Crippen molar-refractivity contribution in [1.29, 1.82) is 0 Å². The smallest absolute Gasteiger partial charge is 0.279 e. The van der Waals surface area contributed by atoms with Crippen molar-refractivity contribution < 1.29 is 19.1 Å². The summed E-state index contributed by atoms with van der Waals surface area (Å²) in [6, 6.07) is 29.7. The molecule has 0 radical (unpaired) electrons. The van der Waals surface area contributed by atoms with Crippen LogP contribution in [0.2, 0.25) is 0 Å². The lowest BCUT2D eigenvalue weighted by Crippen LogP contribution is -2.35. The molecular formula is C30H24N4O5. The summed E-state index contributed by atoms with van der Waals surface area (Å²) in [7, 11) is 1.55. The Kier molecular flexibility index (Phi) is 7.31. The van der Waals surface area contributed by atoms with Crippen LogP contribution in [0.3, 0.4) is 0 Å². The van der Waals surface area contributed by atoms with Crippen molar-refractivity contribution >= 4 is 28.3 Å². The monoisotopic (exact) mass is 520 g/mol. The van der Waals surface area contributed by atoms with E-state index >= 15 is 0 Å². The van der Waals surface area contributed by atoms with Gasteiger partial charge in [0.05, 0.1) is 24.7 Å². The van der Waals surface area contributed by atoms with Gasteiger partial charge in [-0.15, -0.1) is 0 Å². The molecule has 5 aromatic rings. The van der Waals surface area contributed by atoms with E-state index in [4.69, 9.17) is 9.47 Å². The molecule has 0 bridgehead atoms. The van der Waals surface area contributed by atoms with E-state index in [1.807, 2.05) is 30.3 Å². The van der Waals surface area contributed by atoms with E-state index in [1.54, 1.807) is 79.9 Å². The van der Waals surface area contributed by atoms with Crippen molar-refractivity contribution in [2.45, 2.75) is 0 Å². The van der Waals surface area contributed by atoms with Gasteiger partial charge in [0.1, 0.15) is 17.2 Å². The molecule has 0 unspecified atom stereocenters. The van der Waals surface area contributed by atoms with Crippen LogP contribution in [0.15, 0.2) is 108 Å². The second-order valence-electron chi connectivity index (χ2n) is 8.48. The molecule has 1 heterocycles. The highest BCUT2D eigenvalue weighted by Crippen LogP contribution is 2.22. The highest BCUT2D eigenvalue weighted by Gasteiger charge is 2.18. The lowest BCUT2D eigenvalue weighted by Gasteiger charge is -2.12. The number of aromatic nitrogens is 2. The first-order valence-corrected chi connectivity index (χ1v) is 12.1. The number of methoxy groups -OCH3 is 1. The van der Waals surface area contributed by atoms with Crippen molar-refractivity contribution in [1.82, 2.24) is 15.1 Å². The average molecular weight is 521 g/mol. The van der Waals surface area contributed by atoms with Crippen LogP contribution in [0, 0.1) is 0 Å². The molecule has 0 aliphatic carbocycles. The summed E-state index contributed by atoms with van der Waals surface area (Å²) in [5, 5.41) is 10.4. The Morgan fingerprint density at radius 2 is 1.38 bits per heavy atom. The lowest BCUT2D eigenvalue weighted by atomic mass is 10.1. The van der Waals surface area contributed by atoms with Gasteiger partial charge in [-0.2, -0.15) is 9.78 Å². The number of carbonyl (C=O) groups is 2. The number of ether oxygens (including phenoxy) is 2. The molecule has 194 valence electrons. The van der Waals surface area contributed by atoms with Gasteiger partial charge in [-0.1, -0.05) is 36.4 Å². The van der Waals surface area contributed by atoms with Gasteiger partial charge in [0, 0.05) is 11.1 Å². The van der Waals surface area contributed by atoms with Crippen LogP contribution < -0.4 is 25.7 Å². The van der Waals surface area contributed by atoms with Gasteiger partial charge in [-0.3, -0.25) is 14.4 Å². The Labute approximate surface area is 223 Å². The molecule has 4 aromatic carbocycles. The van der Waals surface area contributed by atoms with Crippen LogP contribution in [-0.2, 0) is 4.79 Å². The first-order chi connectivity index (χ1) is 19.0. The maximum Gasteiger partial charge on any atom is 0.279 e. The molecule has 9 nitrogen and oxygen atoms in total. The summed E-state index contributed by atoms with van der Waals surface area (Å²) in [5.41, 5.74) is 0.672. The third kappa shape index (κ3) is 5.78. The molecule has 0 saturated heterocycles. The third-order valence-electron chi connectivity index (χ3n) is 5.86. The van der Waals surface area contributed by atoms with Gasteiger partial charge >= 0.3 is 0 Å². The maximum atomic E-state index is 13.1. The fraction of sp³-hybridized carbons (Fsp3) is 0.0667. The maximum absolute atomic E-state index is 13.1. The SMILES string of the molecule is COc1ccc(-n2nc(C(=O)NCC(=O)Nc3ccc(Oc4ccccc4)cc3)c3ccccc3c2=O)cc1. The van der Waals surface area contributed by atoms with Crippen LogP contribution in [-0.4, -0.2) is 35.2 Å². The molecule has 0 fully saturated rings. The number of carbonyl (C=O) groups excluding carboxylic acids is 2. The van der Waals surface area contributed by atoms with Crippen molar-refractivity contribution in [3.05, 3.63) is 119 Å². The number of nitrogens with zero attached hydrogens (tertiary/aromatic N) is 2. The number of benzene rings is 4. The Morgan fingerprint density at radius 1 is 0.769 bits per heavy atom. The van der Waals surface area contributed by atoms with E-state index in [9.17, 15) is 14.4 Å². The minimum atomic E-state index is -0.588. The molecule has 0 atom stereocenters. The van der Waals surface area contributed by atoms with E-state index in [0.717, 1.165) is 4.68 Å². The normalized spacial score (nSPS) is 10.6. The zero-order valence-corrected chi connectivity index (χ0v) is 21.0. The van der Waals surface area contributed by atoms with Gasteiger partial charge in [-0.05, 0) is 66.7 Å². The van der Waals surface area contributed by atoms with Crippen molar-refractivity contribution in [3.8, 4) is 22.9 Å². The molecule has 5 rings (SSSR count). The number of anilines is 1. The Hall–Kier alpha value is -5.44. The van der Waals surface area contributed by atoms with Crippen LogP contribution >= 0.6 is 0 Å². The molecular weight excluding hydrogens is 496 g/mol. The highest BCUT2D eigenvalue weighted by atomic mass is 16.5. The summed E-state index contributed by atoms with van der Waals surface area (Å²) in [5.74, 6) is 0.937. The van der Waals surface area contributed by atoms with Gasteiger partial charge in [0.2, 0.25) is 5.91 Å². The molecule has 2 N–H and O–H groups in total. The van der Waals surface area contributed by atoms with Crippen LogP contribution in [0.4, 0.5) is 5.69 Å². The Balaban J connectivity index is 1.29. The molecule has 1 aromatic heterocycles. The molecule has 39 heavy (non-hydrogen) atoms. The molecule has 0 aliphatic heterocycles. The zero-order chi connectivity index (χ0) is 27.2. The number of hydrogen-bond donors (Lipinski definition) is 2. The zero-order valence-electron chi connectivity index (χ0n) is 21.0. The summed E-state index contributed by atoms with van der Waals surface area (Å²) >= 11 is 0. The minimum Gasteiger partial charge on any atom is -0.497 e. The molecule has 0 spiro atoms. The first-order valence-electron chi connectivity index (χ1n) is 12.1. The molecule has 0 saturated carbocycles.